The summed E-state index contributed by atoms with van der Waals surface area (Å²) >= 11 is 0. The second kappa shape index (κ2) is 5.52. The van der Waals surface area contributed by atoms with Crippen LogP contribution in [0, 0.1) is 29.1 Å². The molecule has 0 heterocycles. The molecule has 4 aliphatic rings. The highest BCUT2D eigenvalue weighted by molar-refractivity contribution is 6.06. The van der Waals surface area contributed by atoms with Crippen molar-refractivity contribution in [3.8, 4) is 0 Å². The summed E-state index contributed by atoms with van der Waals surface area (Å²) < 4.78 is 5.57. The predicted octanol–water partition coefficient (Wildman–Crippen LogP) is 0.916. The Morgan fingerprint density at radius 1 is 1.24 bits per heavy atom. The zero-order chi connectivity index (χ0) is 21.7. The lowest BCUT2D eigenvalue weighted by Gasteiger charge is -2.49. The van der Waals surface area contributed by atoms with Crippen LogP contribution < -0.4 is 0 Å². The van der Waals surface area contributed by atoms with Gasteiger partial charge in [0.2, 0.25) is 0 Å². The molecule has 0 spiro atoms. The molecule has 0 aromatic rings. The lowest BCUT2D eigenvalue weighted by Crippen LogP contribution is -2.64. The number of Topliss-reactive ketones (excluding diaryl/α,β-unsaturated/α-hetero) is 2. The van der Waals surface area contributed by atoms with E-state index in [1.165, 1.54) is 19.9 Å². The van der Waals surface area contributed by atoms with Crippen LogP contribution in [-0.4, -0.2) is 50.8 Å². The first kappa shape index (κ1) is 20.2. The molecular weight excluding hydrogens is 376 g/mol. The number of aliphatic hydroxyl groups is 2. The van der Waals surface area contributed by atoms with E-state index in [0.29, 0.717) is 11.9 Å². The van der Waals surface area contributed by atoms with Crippen molar-refractivity contribution < 1.29 is 34.1 Å². The first-order valence-corrected chi connectivity index (χ1v) is 9.87. The van der Waals surface area contributed by atoms with Crippen molar-refractivity contribution in [1.82, 2.24) is 0 Å². The number of hydrogen-bond donors (Lipinski definition) is 2. The molecule has 7 unspecified atom stereocenters. The van der Waals surface area contributed by atoms with E-state index < -0.39 is 63.4 Å². The van der Waals surface area contributed by atoms with Gasteiger partial charge >= 0.3 is 5.97 Å². The van der Waals surface area contributed by atoms with Gasteiger partial charge in [0.15, 0.2) is 17.2 Å². The molecule has 0 aromatic heterocycles. The molecule has 7 nitrogen and oxygen atoms in total. The van der Waals surface area contributed by atoms with Gasteiger partial charge in [-0.15, -0.1) is 0 Å². The van der Waals surface area contributed by atoms with E-state index >= 15 is 0 Å². The average molecular weight is 402 g/mol. The van der Waals surface area contributed by atoms with Crippen molar-refractivity contribution in [3.05, 3.63) is 23.3 Å². The third-order valence-corrected chi connectivity index (χ3v) is 7.94. The Balaban J connectivity index is 1.97. The molecule has 29 heavy (non-hydrogen) atoms. The van der Waals surface area contributed by atoms with E-state index in [0.717, 1.165) is 0 Å². The predicted molar refractivity (Wildman–Crippen MR) is 100 cm³/mol. The van der Waals surface area contributed by atoms with E-state index in [-0.39, 0.29) is 12.0 Å². The number of ketones is 2. The molecule has 0 amide bonds. The van der Waals surface area contributed by atoms with E-state index in [4.69, 9.17) is 4.74 Å². The van der Waals surface area contributed by atoms with Crippen LogP contribution in [-0.2, 0) is 23.9 Å². The van der Waals surface area contributed by atoms with E-state index in [1.54, 1.807) is 26.8 Å². The quantitative estimate of drug-likeness (QED) is 0.521. The normalized spacial score (nSPS) is 47.1. The minimum absolute atomic E-state index is 0.191. The summed E-state index contributed by atoms with van der Waals surface area (Å²) in [5.74, 6) is -4.96. The van der Waals surface area contributed by atoms with Gasteiger partial charge in [-0.1, -0.05) is 32.9 Å². The fourth-order valence-electron chi connectivity index (χ4n) is 6.53. The van der Waals surface area contributed by atoms with Gasteiger partial charge in [-0.25, -0.2) is 0 Å². The fraction of sp³-hybridized carbons (Fsp3) is 0.636. The molecule has 0 bridgehead atoms. The number of carbonyl (C=O) groups is 4. The van der Waals surface area contributed by atoms with Gasteiger partial charge in [0.1, 0.15) is 11.9 Å². The number of esters is 1. The molecule has 0 saturated heterocycles. The van der Waals surface area contributed by atoms with Gasteiger partial charge in [0.05, 0.1) is 5.60 Å². The Kier molecular flexibility index (Phi) is 3.84. The molecule has 156 valence electrons. The highest BCUT2D eigenvalue weighted by atomic mass is 16.6. The smallest absolute Gasteiger partial charge is 0.303 e. The summed E-state index contributed by atoms with van der Waals surface area (Å²) in [7, 11) is 0. The Morgan fingerprint density at radius 2 is 1.86 bits per heavy atom. The first-order chi connectivity index (χ1) is 13.3. The molecule has 7 atom stereocenters. The molecule has 2 fully saturated rings. The molecular formula is C22H26O7. The van der Waals surface area contributed by atoms with Crippen molar-refractivity contribution >= 4 is 23.8 Å². The first-order valence-electron chi connectivity index (χ1n) is 9.87. The van der Waals surface area contributed by atoms with E-state index in [9.17, 15) is 29.4 Å². The average Bonchev–Trinajstić information content (AvgIpc) is 3.06. The zero-order valence-corrected chi connectivity index (χ0v) is 17.2. The van der Waals surface area contributed by atoms with Gasteiger partial charge in [-0.05, 0) is 18.1 Å². The maximum absolute atomic E-state index is 13.5. The van der Waals surface area contributed by atoms with E-state index in [2.05, 4.69) is 0 Å². The number of carbonyl (C=O) groups excluding carboxylic acids is 4. The highest BCUT2D eigenvalue weighted by Gasteiger charge is 2.87. The minimum Gasteiger partial charge on any atom is -0.450 e. The molecule has 2 N–H and O–H groups in total. The summed E-state index contributed by atoms with van der Waals surface area (Å²) in [4.78, 5) is 49.9. The van der Waals surface area contributed by atoms with Crippen molar-refractivity contribution in [2.45, 2.75) is 57.8 Å². The fourth-order valence-corrected chi connectivity index (χ4v) is 6.53. The maximum atomic E-state index is 13.5. The number of fused-ring (bicyclic) bond motifs is 5. The Hall–Kier alpha value is -2.12. The molecule has 0 radical (unpaired) electrons. The standard InChI is InChI=1S/C22H26O7/c1-10-6-15-20(27,17(10)25)8-13(9-23)7-14-16-19(4,5)22(16,29-12(3)24)18(26)11(2)21(14,15)28/h6-7,9,11,14-16,27-28H,8H2,1-5H3. The van der Waals surface area contributed by atoms with Crippen molar-refractivity contribution in [1.29, 1.82) is 0 Å². The van der Waals surface area contributed by atoms with E-state index in [1.807, 2.05) is 0 Å². The number of ether oxygens (including phenoxy) is 1. The monoisotopic (exact) mass is 402 g/mol. The maximum Gasteiger partial charge on any atom is 0.303 e. The Morgan fingerprint density at radius 3 is 2.41 bits per heavy atom. The van der Waals surface area contributed by atoms with Crippen LogP contribution in [0.1, 0.15) is 41.0 Å². The van der Waals surface area contributed by atoms with Gasteiger partial charge in [-0.3, -0.25) is 19.2 Å². The molecule has 7 heteroatoms. The second-order valence-electron chi connectivity index (χ2n) is 9.64. The summed E-state index contributed by atoms with van der Waals surface area (Å²) in [6, 6.07) is 0. The lowest BCUT2D eigenvalue weighted by molar-refractivity contribution is -0.190. The third kappa shape index (κ3) is 2.05. The zero-order valence-electron chi connectivity index (χ0n) is 17.2. The van der Waals surface area contributed by atoms with Crippen LogP contribution in [0.2, 0.25) is 0 Å². The summed E-state index contributed by atoms with van der Waals surface area (Å²) in [6.07, 6.45) is 3.43. The molecule has 0 aromatic carbocycles. The van der Waals surface area contributed by atoms with Crippen LogP contribution in [0.5, 0.6) is 0 Å². The second-order valence-corrected chi connectivity index (χ2v) is 9.64. The third-order valence-electron chi connectivity index (χ3n) is 7.94. The highest BCUT2D eigenvalue weighted by Crippen LogP contribution is 2.75. The SMILES string of the molecule is CC(=O)OC12C(=O)C(C)C3(O)C(C=C(C=O)CC4(O)C(=O)C(C)=CC43)C1C2(C)C. The largest absolute Gasteiger partial charge is 0.450 e. The van der Waals surface area contributed by atoms with Gasteiger partial charge in [0.25, 0.3) is 0 Å². The van der Waals surface area contributed by atoms with Crippen molar-refractivity contribution in [3.63, 3.8) is 0 Å². The minimum atomic E-state index is -1.99. The molecule has 4 aliphatic carbocycles. The summed E-state index contributed by atoms with van der Waals surface area (Å²) in [5.41, 5.74) is -5.47. The Labute approximate surface area is 168 Å². The van der Waals surface area contributed by atoms with Crippen LogP contribution >= 0.6 is 0 Å². The lowest BCUT2D eigenvalue weighted by atomic mass is 9.59. The van der Waals surface area contributed by atoms with Gasteiger partial charge in [-0.2, -0.15) is 0 Å². The molecule has 4 rings (SSSR count). The number of aldehydes is 1. The van der Waals surface area contributed by atoms with Crippen LogP contribution in [0.4, 0.5) is 0 Å². The van der Waals surface area contributed by atoms with Gasteiger partial charge < -0.3 is 14.9 Å². The number of hydrogen-bond acceptors (Lipinski definition) is 7. The van der Waals surface area contributed by atoms with Crippen molar-refractivity contribution in [2.75, 3.05) is 0 Å². The van der Waals surface area contributed by atoms with Crippen LogP contribution in [0.25, 0.3) is 0 Å². The van der Waals surface area contributed by atoms with Crippen LogP contribution in [0.15, 0.2) is 23.3 Å². The van der Waals surface area contributed by atoms with Crippen LogP contribution in [0.3, 0.4) is 0 Å². The molecule has 2 saturated carbocycles. The summed E-state index contributed by atoms with van der Waals surface area (Å²) in [6.45, 7) is 7.92. The number of rotatable bonds is 2. The van der Waals surface area contributed by atoms with Crippen molar-refractivity contribution in [2.24, 2.45) is 29.1 Å². The Bertz CT molecular complexity index is 927. The van der Waals surface area contributed by atoms with Gasteiger partial charge in [0, 0.05) is 42.4 Å². The summed E-state index contributed by atoms with van der Waals surface area (Å²) in [5, 5.41) is 23.3. The molecule has 0 aliphatic heterocycles. The topological polar surface area (TPSA) is 118 Å².